The lowest BCUT2D eigenvalue weighted by atomic mass is 10.1. The Hall–Kier alpha value is -2.57. The van der Waals surface area contributed by atoms with Crippen molar-refractivity contribution in [3.63, 3.8) is 0 Å². The minimum absolute atomic E-state index is 0.0241. The van der Waals surface area contributed by atoms with E-state index in [2.05, 4.69) is 19.9 Å². The van der Waals surface area contributed by atoms with Gasteiger partial charge in [0.25, 0.3) is 0 Å². The van der Waals surface area contributed by atoms with Crippen LogP contribution in [0.4, 0.5) is 4.39 Å². The maximum atomic E-state index is 14.0. The molecule has 5 nitrogen and oxygen atoms in total. The Kier molecular flexibility index (Phi) is 4.54. The molecule has 128 valence electrons. The molecule has 0 radical (unpaired) electrons. The Morgan fingerprint density at radius 2 is 2.04 bits per heavy atom. The van der Waals surface area contributed by atoms with Crippen molar-refractivity contribution in [3.8, 4) is 11.3 Å². The van der Waals surface area contributed by atoms with Crippen molar-refractivity contribution < 1.29 is 9.13 Å². The number of imidazole rings is 1. The third-order valence-electron chi connectivity index (χ3n) is 4.47. The summed E-state index contributed by atoms with van der Waals surface area (Å²) >= 11 is 0. The van der Waals surface area contributed by atoms with Gasteiger partial charge in [-0.3, -0.25) is 9.88 Å². The number of aromatic amines is 1. The van der Waals surface area contributed by atoms with Crippen molar-refractivity contribution >= 4 is 0 Å². The van der Waals surface area contributed by atoms with Gasteiger partial charge >= 0.3 is 0 Å². The average molecular weight is 338 g/mol. The van der Waals surface area contributed by atoms with E-state index in [4.69, 9.17) is 4.74 Å². The molecular formula is C19H19FN4O. The second-order valence-electron chi connectivity index (χ2n) is 6.07. The smallest absolute Gasteiger partial charge is 0.127 e. The molecule has 1 aliphatic heterocycles. The summed E-state index contributed by atoms with van der Waals surface area (Å²) in [5.41, 5.74) is 2.66. The fraction of sp³-hybridized carbons (Fsp3) is 0.263. The summed E-state index contributed by atoms with van der Waals surface area (Å²) in [4.78, 5) is 14.2. The highest BCUT2D eigenvalue weighted by molar-refractivity contribution is 5.57. The molecular weight excluding hydrogens is 319 g/mol. The Balaban J connectivity index is 1.57. The molecule has 0 amide bonds. The van der Waals surface area contributed by atoms with Crippen molar-refractivity contribution in [3.05, 3.63) is 72.2 Å². The number of nitrogens with one attached hydrogen (secondary N) is 1. The summed E-state index contributed by atoms with van der Waals surface area (Å²) in [6.45, 7) is 2.46. The third kappa shape index (κ3) is 3.45. The van der Waals surface area contributed by atoms with E-state index in [1.807, 2.05) is 30.5 Å². The summed E-state index contributed by atoms with van der Waals surface area (Å²) in [7, 11) is 0. The van der Waals surface area contributed by atoms with Crippen LogP contribution in [0.15, 0.2) is 55.0 Å². The number of morpholine rings is 1. The SMILES string of the molecule is Fc1ccccc1CN1CCOC[C@H]1c1ncc(-c2ccncc2)[nH]1. The van der Waals surface area contributed by atoms with Crippen LogP contribution in [0.3, 0.4) is 0 Å². The number of benzene rings is 1. The van der Waals surface area contributed by atoms with Crippen LogP contribution >= 0.6 is 0 Å². The summed E-state index contributed by atoms with van der Waals surface area (Å²) in [6.07, 6.45) is 5.33. The van der Waals surface area contributed by atoms with Gasteiger partial charge in [0.2, 0.25) is 0 Å². The first kappa shape index (κ1) is 15.9. The summed E-state index contributed by atoms with van der Waals surface area (Å²) in [5.74, 6) is 0.660. The van der Waals surface area contributed by atoms with Crippen molar-refractivity contribution in [1.82, 2.24) is 19.9 Å². The number of nitrogens with zero attached hydrogens (tertiary/aromatic N) is 3. The largest absolute Gasteiger partial charge is 0.378 e. The monoisotopic (exact) mass is 338 g/mol. The molecule has 6 heteroatoms. The Labute approximate surface area is 145 Å². The van der Waals surface area contributed by atoms with E-state index in [-0.39, 0.29) is 11.9 Å². The predicted molar refractivity (Wildman–Crippen MR) is 92.2 cm³/mol. The molecule has 0 bridgehead atoms. The second-order valence-corrected chi connectivity index (χ2v) is 6.07. The maximum Gasteiger partial charge on any atom is 0.127 e. The van der Waals surface area contributed by atoms with Gasteiger partial charge in [0, 0.05) is 36.6 Å². The molecule has 0 aliphatic carbocycles. The van der Waals surface area contributed by atoms with E-state index in [9.17, 15) is 4.39 Å². The first-order valence-electron chi connectivity index (χ1n) is 8.32. The first-order chi connectivity index (χ1) is 12.3. The molecule has 1 saturated heterocycles. The highest BCUT2D eigenvalue weighted by Crippen LogP contribution is 2.26. The maximum absolute atomic E-state index is 14.0. The molecule has 3 aromatic rings. The highest BCUT2D eigenvalue weighted by atomic mass is 19.1. The predicted octanol–water partition coefficient (Wildman–Crippen LogP) is 3.18. The van der Waals surface area contributed by atoms with E-state index in [0.29, 0.717) is 25.3 Å². The van der Waals surface area contributed by atoms with E-state index in [0.717, 1.165) is 23.6 Å². The van der Waals surface area contributed by atoms with Gasteiger partial charge in [-0.1, -0.05) is 18.2 Å². The van der Waals surface area contributed by atoms with Gasteiger partial charge in [0.15, 0.2) is 0 Å². The van der Waals surface area contributed by atoms with Gasteiger partial charge in [0.1, 0.15) is 11.6 Å². The van der Waals surface area contributed by atoms with Gasteiger partial charge in [-0.2, -0.15) is 0 Å². The van der Waals surface area contributed by atoms with Crippen LogP contribution in [0, 0.1) is 5.82 Å². The standard InChI is InChI=1S/C19H19FN4O/c20-16-4-2-1-3-15(16)12-24-9-10-25-13-18(24)19-22-11-17(23-19)14-5-7-21-8-6-14/h1-8,11,18H,9-10,12-13H2,(H,22,23)/t18-/m0/s1. The van der Waals surface area contributed by atoms with E-state index in [1.165, 1.54) is 6.07 Å². The molecule has 25 heavy (non-hydrogen) atoms. The second kappa shape index (κ2) is 7.13. The van der Waals surface area contributed by atoms with Crippen LogP contribution in [0.2, 0.25) is 0 Å². The Bertz CT molecular complexity index is 836. The Morgan fingerprint density at radius 3 is 2.88 bits per heavy atom. The number of rotatable bonds is 4. The minimum atomic E-state index is -0.176. The molecule has 1 fully saturated rings. The van der Waals surface area contributed by atoms with Gasteiger partial charge in [0.05, 0.1) is 31.1 Å². The van der Waals surface area contributed by atoms with Crippen molar-refractivity contribution in [2.45, 2.75) is 12.6 Å². The van der Waals surface area contributed by atoms with Crippen LogP contribution in [-0.4, -0.2) is 39.6 Å². The van der Waals surface area contributed by atoms with Crippen molar-refractivity contribution in [2.24, 2.45) is 0 Å². The zero-order valence-electron chi connectivity index (χ0n) is 13.7. The van der Waals surface area contributed by atoms with Crippen molar-refractivity contribution in [2.75, 3.05) is 19.8 Å². The van der Waals surface area contributed by atoms with Crippen LogP contribution in [0.5, 0.6) is 0 Å². The molecule has 0 saturated carbocycles. The van der Waals surface area contributed by atoms with E-state index < -0.39 is 0 Å². The molecule has 3 heterocycles. The van der Waals surface area contributed by atoms with E-state index >= 15 is 0 Å². The lowest BCUT2D eigenvalue weighted by Gasteiger charge is -2.34. The summed E-state index contributed by atoms with van der Waals surface area (Å²) in [5, 5.41) is 0. The number of halogens is 1. The van der Waals surface area contributed by atoms with E-state index in [1.54, 1.807) is 18.5 Å². The number of hydrogen-bond acceptors (Lipinski definition) is 4. The quantitative estimate of drug-likeness (QED) is 0.794. The first-order valence-corrected chi connectivity index (χ1v) is 8.32. The molecule has 4 rings (SSSR count). The van der Waals surface area contributed by atoms with Crippen molar-refractivity contribution in [1.29, 1.82) is 0 Å². The topological polar surface area (TPSA) is 54.0 Å². The summed E-state index contributed by atoms with van der Waals surface area (Å²) in [6, 6.07) is 10.7. The number of aromatic nitrogens is 3. The lowest BCUT2D eigenvalue weighted by molar-refractivity contribution is -0.0160. The van der Waals surface area contributed by atoms with Crippen LogP contribution in [0.1, 0.15) is 17.4 Å². The van der Waals surface area contributed by atoms with Gasteiger partial charge in [-0.15, -0.1) is 0 Å². The summed E-state index contributed by atoms with van der Waals surface area (Å²) < 4.78 is 19.7. The van der Waals surface area contributed by atoms with Crippen LogP contribution in [0.25, 0.3) is 11.3 Å². The number of H-pyrrole nitrogens is 1. The van der Waals surface area contributed by atoms with Crippen LogP contribution in [-0.2, 0) is 11.3 Å². The fourth-order valence-electron chi connectivity index (χ4n) is 3.11. The highest BCUT2D eigenvalue weighted by Gasteiger charge is 2.27. The Morgan fingerprint density at radius 1 is 1.20 bits per heavy atom. The molecule has 2 aromatic heterocycles. The normalized spacial score (nSPS) is 18.4. The molecule has 1 aromatic carbocycles. The fourth-order valence-corrected chi connectivity index (χ4v) is 3.11. The molecule has 1 atom stereocenters. The zero-order valence-corrected chi connectivity index (χ0v) is 13.7. The molecule has 1 aliphatic rings. The third-order valence-corrected chi connectivity index (χ3v) is 4.47. The zero-order chi connectivity index (χ0) is 17.1. The lowest BCUT2D eigenvalue weighted by Crippen LogP contribution is -2.39. The average Bonchev–Trinajstić information content (AvgIpc) is 3.15. The van der Waals surface area contributed by atoms with Crippen LogP contribution < -0.4 is 0 Å². The molecule has 1 N–H and O–H groups in total. The molecule has 0 spiro atoms. The number of ether oxygens (including phenoxy) is 1. The number of hydrogen-bond donors (Lipinski definition) is 1. The van der Waals surface area contributed by atoms with Gasteiger partial charge in [-0.25, -0.2) is 9.37 Å². The van der Waals surface area contributed by atoms with Gasteiger partial charge in [-0.05, 0) is 18.2 Å². The molecule has 0 unspecified atom stereocenters. The minimum Gasteiger partial charge on any atom is -0.378 e. The number of pyridine rings is 1. The van der Waals surface area contributed by atoms with Gasteiger partial charge < -0.3 is 9.72 Å².